The third-order valence-electron chi connectivity index (χ3n) is 5.94. The van der Waals surface area contributed by atoms with Crippen LogP contribution in [0, 0.1) is 5.92 Å². The Hall–Kier alpha value is -3.13. The van der Waals surface area contributed by atoms with Gasteiger partial charge in [-0.1, -0.05) is 66.7 Å². The molecule has 5 rings (SSSR count). The minimum absolute atomic E-state index is 0.795. The van der Waals surface area contributed by atoms with Crippen LogP contribution in [0.4, 0.5) is 0 Å². The van der Waals surface area contributed by atoms with Gasteiger partial charge >= 0.3 is 0 Å². The lowest BCUT2D eigenvalue weighted by Crippen LogP contribution is -2.01. The molecule has 0 amide bonds. The molecule has 2 nitrogen and oxygen atoms in total. The Bertz CT molecular complexity index is 1040. The molecule has 2 heteroatoms. The molecule has 28 heavy (non-hydrogen) atoms. The van der Waals surface area contributed by atoms with Gasteiger partial charge < -0.3 is 0 Å². The number of hydrogen-bond acceptors (Lipinski definition) is 1. The van der Waals surface area contributed by atoms with E-state index in [9.17, 15) is 0 Å². The molecule has 1 aromatic heterocycles. The first-order valence-corrected chi connectivity index (χ1v) is 10.1. The summed E-state index contributed by atoms with van der Waals surface area (Å²) in [6.45, 7) is 0. The number of fused-ring (bicyclic) bond motifs is 1. The Morgan fingerprint density at radius 2 is 1.50 bits per heavy atom. The van der Waals surface area contributed by atoms with Gasteiger partial charge in [0.05, 0.1) is 5.69 Å². The van der Waals surface area contributed by atoms with E-state index < -0.39 is 0 Å². The summed E-state index contributed by atoms with van der Waals surface area (Å²) in [6, 6.07) is 28.6. The van der Waals surface area contributed by atoms with Gasteiger partial charge in [-0.2, -0.15) is 5.10 Å². The predicted octanol–water partition coefficient (Wildman–Crippen LogP) is 6.09. The fourth-order valence-corrected chi connectivity index (χ4v) is 4.37. The summed E-state index contributed by atoms with van der Waals surface area (Å²) >= 11 is 0. The van der Waals surface area contributed by atoms with Gasteiger partial charge in [0.15, 0.2) is 0 Å². The number of aryl methyl sites for hydroxylation is 1. The Morgan fingerprint density at radius 3 is 2.21 bits per heavy atom. The van der Waals surface area contributed by atoms with Crippen LogP contribution in [0.2, 0.25) is 0 Å². The molecule has 1 heterocycles. The van der Waals surface area contributed by atoms with Crippen molar-refractivity contribution in [3.8, 4) is 22.4 Å². The molecule has 0 atom stereocenters. The Kier molecular flexibility index (Phi) is 4.54. The standard InChI is InChI=1S/C26H24N2/c1-2-5-23-17-20(16-22(23)4-1)9-8-19-10-12-21(13-11-19)24-6-3-7-25(18-24)26-14-15-27-28-26/h1-7,10-15,18,20H,8-9,16-17H2,(H,27,28). The molecule has 1 N–H and O–H groups in total. The van der Waals surface area contributed by atoms with Gasteiger partial charge in [-0.3, -0.25) is 5.10 Å². The van der Waals surface area contributed by atoms with Crippen molar-refractivity contribution in [2.75, 3.05) is 0 Å². The molecule has 0 saturated carbocycles. The summed E-state index contributed by atoms with van der Waals surface area (Å²) in [5, 5.41) is 7.10. The summed E-state index contributed by atoms with van der Waals surface area (Å²) in [5.41, 5.74) is 9.27. The monoisotopic (exact) mass is 364 g/mol. The summed E-state index contributed by atoms with van der Waals surface area (Å²) in [7, 11) is 0. The summed E-state index contributed by atoms with van der Waals surface area (Å²) in [5.74, 6) is 0.795. The van der Waals surface area contributed by atoms with Crippen LogP contribution in [0.5, 0.6) is 0 Å². The molecule has 138 valence electrons. The van der Waals surface area contributed by atoms with Gasteiger partial charge in [-0.15, -0.1) is 0 Å². The topological polar surface area (TPSA) is 28.7 Å². The summed E-state index contributed by atoms with van der Waals surface area (Å²) in [4.78, 5) is 0. The number of aromatic amines is 1. The average Bonchev–Trinajstić information content (AvgIpc) is 3.42. The van der Waals surface area contributed by atoms with E-state index in [0.29, 0.717) is 0 Å². The van der Waals surface area contributed by atoms with Crippen LogP contribution in [-0.4, -0.2) is 10.2 Å². The molecule has 0 fully saturated rings. The quantitative estimate of drug-likeness (QED) is 0.456. The molecule has 0 saturated heterocycles. The molecule has 0 spiro atoms. The Morgan fingerprint density at radius 1 is 0.750 bits per heavy atom. The van der Waals surface area contributed by atoms with Crippen molar-refractivity contribution in [3.05, 3.63) is 102 Å². The van der Waals surface area contributed by atoms with Crippen LogP contribution in [0.25, 0.3) is 22.4 Å². The van der Waals surface area contributed by atoms with Crippen molar-refractivity contribution in [1.29, 1.82) is 0 Å². The highest BCUT2D eigenvalue weighted by Crippen LogP contribution is 2.30. The number of benzene rings is 3. The number of nitrogens with zero attached hydrogens (tertiary/aromatic N) is 1. The van der Waals surface area contributed by atoms with Crippen molar-refractivity contribution < 1.29 is 0 Å². The van der Waals surface area contributed by atoms with E-state index in [2.05, 4.69) is 83.0 Å². The second-order valence-corrected chi connectivity index (χ2v) is 7.83. The maximum Gasteiger partial charge on any atom is 0.0650 e. The molecular weight excluding hydrogens is 340 g/mol. The zero-order valence-electron chi connectivity index (χ0n) is 15.9. The van der Waals surface area contributed by atoms with Crippen molar-refractivity contribution in [1.82, 2.24) is 10.2 Å². The van der Waals surface area contributed by atoms with E-state index >= 15 is 0 Å². The zero-order chi connectivity index (χ0) is 18.8. The smallest absolute Gasteiger partial charge is 0.0650 e. The lowest BCUT2D eigenvalue weighted by atomic mass is 9.95. The zero-order valence-corrected chi connectivity index (χ0v) is 15.9. The van der Waals surface area contributed by atoms with Gasteiger partial charge in [0.2, 0.25) is 0 Å². The molecule has 0 unspecified atom stereocenters. The number of aromatic nitrogens is 2. The SMILES string of the molecule is c1cc(-c2ccc(CCC3Cc4ccccc4C3)cc2)cc(-c2ccn[nH]2)c1. The highest BCUT2D eigenvalue weighted by molar-refractivity contribution is 5.71. The van der Waals surface area contributed by atoms with E-state index in [0.717, 1.165) is 18.0 Å². The van der Waals surface area contributed by atoms with Gasteiger partial charge in [-0.25, -0.2) is 0 Å². The fourth-order valence-electron chi connectivity index (χ4n) is 4.37. The van der Waals surface area contributed by atoms with Crippen LogP contribution >= 0.6 is 0 Å². The van der Waals surface area contributed by atoms with Crippen molar-refractivity contribution in [3.63, 3.8) is 0 Å². The minimum atomic E-state index is 0.795. The number of nitrogens with one attached hydrogen (secondary N) is 1. The molecule has 0 bridgehead atoms. The number of rotatable bonds is 5. The maximum absolute atomic E-state index is 4.05. The highest BCUT2D eigenvalue weighted by atomic mass is 15.1. The second kappa shape index (κ2) is 7.47. The first-order valence-electron chi connectivity index (χ1n) is 10.1. The third kappa shape index (κ3) is 3.50. The highest BCUT2D eigenvalue weighted by Gasteiger charge is 2.20. The predicted molar refractivity (Wildman–Crippen MR) is 115 cm³/mol. The normalized spacial score (nSPS) is 13.6. The first-order chi connectivity index (χ1) is 13.8. The second-order valence-electron chi connectivity index (χ2n) is 7.83. The van der Waals surface area contributed by atoms with E-state index in [1.807, 2.05) is 6.07 Å². The number of H-pyrrole nitrogens is 1. The molecule has 3 aromatic carbocycles. The molecule has 0 aliphatic heterocycles. The van der Waals surface area contributed by atoms with Crippen molar-refractivity contribution in [2.45, 2.75) is 25.7 Å². The maximum atomic E-state index is 4.05. The largest absolute Gasteiger partial charge is 0.278 e. The minimum Gasteiger partial charge on any atom is -0.278 e. The van der Waals surface area contributed by atoms with E-state index in [4.69, 9.17) is 0 Å². The van der Waals surface area contributed by atoms with Crippen LogP contribution in [0.1, 0.15) is 23.1 Å². The lowest BCUT2D eigenvalue weighted by Gasteiger charge is -2.10. The molecule has 1 aliphatic carbocycles. The first kappa shape index (κ1) is 17.0. The van der Waals surface area contributed by atoms with Crippen LogP contribution in [-0.2, 0) is 19.3 Å². The molecular formula is C26H24N2. The lowest BCUT2D eigenvalue weighted by molar-refractivity contribution is 0.514. The Labute approximate surface area is 166 Å². The van der Waals surface area contributed by atoms with Crippen molar-refractivity contribution >= 4 is 0 Å². The van der Waals surface area contributed by atoms with Gasteiger partial charge in [0, 0.05) is 11.8 Å². The van der Waals surface area contributed by atoms with Gasteiger partial charge in [-0.05, 0) is 71.6 Å². The number of hydrogen-bond donors (Lipinski definition) is 1. The third-order valence-corrected chi connectivity index (χ3v) is 5.94. The van der Waals surface area contributed by atoms with Crippen LogP contribution in [0.15, 0.2) is 85.1 Å². The van der Waals surface area contributed by atoms with Gasteiger partial charge in [0.25, 0.3) is 0 Å². The summed E-state index contributed by atoms with van der Waals surface area (Å²) < 4.78 is 0. The average molecular weight is 364 g/mol. The van der Waals surface area contributed by atoms with Crippen LogP contribution in [0.3, 0.4) is 0 Å². The van der Waals surface area contributed by atoms with Crippen LogP contribution < -0.4 is 0 Å². The van der Waals surface area contributed by atoms with E-state index in [1.54, 1.807) is 17.3 Å². The molecule has 1 aliphatic rings. The van der Waals surface area contributed by atoms with E-state index in [-0.39, 0.29) is 0 Å². The van der Waals surface area contributed by atoms with Gasteiger partial charge in [0.1, 0.15) is 0 Å². The van der Waals surface area contributed by atoms with E-state index in [1.165, 1.54) is 41.5 Å². The Balaban J connectivity index is 1.25. The molecule has 0 radical (unpaired) electrons. The fraction of sp³-hybridized carbons (Fsp3) is 0.192. The van der Waals surface area contributed by atoms with Crippen molar-refractivity contribution in [2.24, 2.45) is 5.92 Å². The summed E-state index contributed by atoms with van der Waals surface area (Å²) in [6.07, 6.45) is 6.71. The molecule has 4 aromatic rings.